The lowest BCUT2D eigenvalue weighted by atomic mass is 10.0. The third-order valence-electron chi connectivity index (χ3n) is 2.76. The molecule has 0 amide bonds. The van der Waals surface area contributed by atoms with Crippen LogP contribution in [0.4, 0.5) is 0 Å². The topological polar surface area (TPSA) is 29.9 Å². The average Bonchev–Trinajstić information content (AvgIpc) is 2.58. The van der Waals surface area contributed by atoms with Gasteiger partial charge in [0.1, 0.15) is 0 Å². The van der Waals surface area contributed by atoms with Gasteiger partial charge in [0, 0.05) is 12.7 Å². The molecule has 1 rings (SSSR count). The Morgan fingerprint density at radius 2 is 1.94 bits per heavy atom. The quantitative estimate of drug-likeness (QED) is 0.803. The third kappa shape index (κ3) is 3.97. The molecule has 16 heavy (non-hydrogen) atoms. The normalized spacial score (nSPS) is 13.7. The fourth-order valence-corrected chi connectivity index (χ4v) is 1.77. The fourth-order valence-electron chi connectivity index (χ4n) is 1.77. The van der Waals surface area contributed by atoms with Gasteiger partial charge in [0.25, 0.3) is 0 Å². The largest absolute Gasteiger partial charge is 0.314 e. The number of nitrogens with zero attached hydrogens (tertiary/aromatic N) is 2. The van der Waals surface area contributed by atoms with Crippen molar-refractivity contribution in [3.05, 3.63) is 18.0 Å². The van der Waals surface area contributed by atoms with Crippen LogP contribution >= 0.6 is 0 Å². The SMILES string of the molecule is Cc1ccn(C(CNCC(C)C)C(C)C)n1. The van der Waals surface area contributed by atoms with Gasteiger partial charge in [-0.25, -0.2) is 0 Å². The summed E-state index contributed by atoms with van der Waals surface area (Å²) in [5, 5.41) is 8.02. The van der Waals surface area contributed by atoms with Crippen molar-refractivity contribution in [1.29, 1.82) is 0 Å². The Morgan fingerprint density at radius 1 is 1.25 bits per heavy atom. The van der Waals surface area contributed by atoms with Crippen LogP contribution in [0.3, 0.4) is 0 Å². The number of rotatable bonds is 6. The fraction of sp³-hybridized carbons (Fsp3) is 0.769. The molecule has 0 saturated heterocycles. The van der Waals surface area contributed by atoms with Crippen LogP contribution in [0.25, 0.3) is 0 Å². The molecule has 0 bridgehead atoms. The maximum Gasteiger partial charge on any atom is 0.0666 e. The summed E-state index contributed by atoms with van der Waals surface area (Å²) >= 11 is 0. The third-order valence-corrected chi connectivity index (χ3v) is 2.76. The summed E-state index contributed by atoms with van der Waals surface area (Å²) in [6.07, 6.45) is 2.08. The van der Waals surface area contributed by atoms with Gasteiger partial charge in [-0.15, -0.1) is 0 Å². The van der Waals surface area contributed by atoms with Crippen molar-refractivity contribution in [2.75, 3.05) is 13.1 Å². The zero-order chi connectivity index (χ0) is 12.1. The molecule has 0 radical (unpaired) electrons. The van der Waals surface area contributed by atoms with Crippen LogP contribution in [0.15, 0.2) is 12.3 Å². The smallest absolute Gasteiger partial charge is 0.0666 e. The first-order chi connectivity index (χ1) is 7.50. The van der Waals surface area contributed by atoms with E-state index in [1.807, 2.05) is 6.92 Å². The van der Waals surface area contributed by atoms with Gasteiger partial charge in [0.2, 0.25) is 0 Å². The number of hydrogen-bond donors (Lipinski definition) is 1. The van der Waals surface area contributed by atoms with E-state index in [0.29, 0.717) is 17.9 Å². The number of nitrogens with one attached hydrogen (secondary N) is 1. The lowest BCUT2D eigenvalue weighted by Crippen LogP contribution is -2.31. The maximum atomic E-state index is 4.51. The predicted octanol–water partition coefficient (Wildman–Crippen LogP) is 2.63. The van der Waals surface area contributed by atoms with E-state index in [4.69, 9.17) is 0 Å². The van der Waals surface area contributed by atoms with Crippen LogP contribution in [0.2, 0.25) is 0 Å². The van der Waals surface area contributed by atoms with Crippen LogP contribution in [0.5, 0.6) is 0 Å². The molecule has 0 aliphatic carbocycles. The highest BCUT2D eigenvalue weighted by molar-refractivity contribution is 4.96. The number of aromatic nitrogens is 2. The van der Waals surface area contributed by atoms with Gasteiger partial charge in [-0.1, -0.05) is 27.7 Å². The second-order valence-electron chi connectivity index (χ2n) is 5.30. The highest BCUT2D eigenvalue weighted by Crippen LogP contribution is 2.16. The van der Waals surface area contributed by atoms with E-state index in [0.717, 1.165) is 18.8 Å². The molecule has 1 N–H and O–H groups in total. The van der Waals surface area contributed by atoms with Crippen molar-refractivity contribution in [2.24, 2.45) is 11.8 Å². The Morgan fingerprint density at radius 3 is 2.38 bits per heavy atom. The van der Waals surface area contributed by atoms with Crippen molar-refractivity contribution < 1.29 is 0 Å². The molecular weight excluding hydrogens is 198 g/mol. The molecule has 0 aliphatic rings. The molecule has 3 heteroatoms. The minimum absolute atomic E-state index is 0.451. The number of aryl methyl sites for hydroxylation is 1. The lowest BCUT2D eigenvalue weighted by molar-refractivity contribution is 0.324. The molecule has 1 unspecified atom stereocenters. The van der Waals surface area contributed by atoms with Crippen molar-refractivity contribution in [1.82, 2.24) is 15.1 Å². The molecule has 0 aromatic carbocycles. The first kappa shape index (κ1) is 13.2. The summed E-state index contributed by atoms with van der Waals surface area (Å²) in [5.74, 6) is 1.30. The molecule has 1 aromatic heterocycles. The highest BCUT2D eigenvalue weighted by Gasteiger charge is 2.15. The van der Waals surface area contributed by atoms with Gasteiger partial charge in [0.05, 0.1) is 11.7 Å². The minimum atomic E-state index is 0.451. The molecule has 1 aromatic rings. The second-order valence-corrected chi connectivity index (χ2v) is 5.30. The molecule has 0 spiro atoms. The zero-order valence-electron chi connectivity index (χ0n) is 11.2. The van der Waals surface area contributed by atoms with E-state index in [9.17, 15) is 0 Å². The number of hydrogen-bond acceptors (Lipinski definition) is 2. The summed E-state index contributed by atoms with van der Waals surface area (Å²) in [4.78, 5) is 0. The summed E-state index contributed by atoms with van der Waals surface area (Å²) in [6.45, 7) is 13.1. The van der Waals surface area contributed by atoms with Gasteiger partial charge in [-0.05, 0) is 31.4 Å². The van der Waals surface area contributed by atoms with Crippen LogP contribution in [-0.4, -0.2) is 22.9 Å². The van der Waals surface area contributed by atoms with Crippen LogP contribution in [-0.2, 0) is 0 Å². The lowest BCUT2D eigenvalue weighted by Gasteiger charge is -2.22. The molecular formula is C13H25N3. The maximum absolute atomic E-state index is 4.51. The van der Waals surface area contributed by atoms with E-state index in [-0.39, 0.29) is 0 Å². The van der Waals surface area contributed by atoms with Gasteiger partial charge in [-0.3, -0.25) is 4.68 Å². The highest BCUT2D eigenvalue weighted by atomic mass is 15.3. The van der Waals surface area contributed by atoms with Crippen LogP contribution in [0.1, 0.15) is 39.4 Å². The molecule has 1 atom stereocenters. The summed E-state index contributed by atoms with van der Waals surface area (Å²) in [5.41, 5.74) is 1.09. The van der Waals surface area contributed by atoms with E-state index in [1.165, 1.54) is 0 Å². The first-order valence-corrected chi connectivity index (χ1v) is 6.23. The van der Waals surface area contributed by atoms with Crippen molar-refractivity contribution >= 4 is 0 Å². The van der Waals surface area contributed by atoms with Crippen LogP contribution in [0, 0.1) is 18.8 Å². The Hall–Kier alpha value is -0.830. The Bertz CT molecular complexity index is 302. The van der Waals surface area contributed by atoms with E-state index >= 15 is 0 Å². The van der Waals surface area contributed by atoms with Crippen LogP contribution < -0.4 is 5.32 Å². The molecule has 3 nitrogen and oxygen atoms in total. The van der Waals surface area contributed by atoms with E-state index in [1.54, 1.807) is 0 Å². The standard InChI is InChI=1S/C13H25N3/c1-10(2)8-14-9-13(11(3)4)16-7-6-12(5)15-16/h6-7,10-11,13-14H,8-9H2,1-5H3. The zero-order valence-corrected chi connectivity index (χ0v) is 11.2. The average molecular weight is 223 g/mol. The van der Waals surface area contributed by atoms with Crippen molar-refractivity contribution in [3.8, 4) is 0 Å². The molecule has 1 heterocycles. The summed E-state index contributed by atoms with van der Waals surface area (Å²) in [7, 11) is 0. The van der Waals surface area contributed by atoms with Crippen molar-refractivity contribution in [2.45, 2.75) is 40.7 Å². The van der Waals surface area contributed by atoms with E-state index in [2.05, 4.69) is 55.1 Å². The Balaban J connectivity index is 2.55. The van der Waals surface area contributed by atoms with Gasteiger partial charge in [-0.2, -0.15) is 5.10 Å². The summed E-state index contributed by atoms with van der Waals surface area (Å²) < 4.78 is 2.09. The Labute approximate surface area is 99.2 Å². The molecule has 0 aliphatic heterocycles. The molecule has 0 fully saturated rings. The minimum Gasteiger partial charge on any atom is -0.314 e. The van der Waals surface area contributed by atoms with Gasteiger partial charge in [0.15, 0.2) is 0 Å². The van der Waals surface area contributed by atoms with Gasteiger partial charge < -0.3 is 5.32 Å². The summed E-state index contributed by atoms with van der Waals surface area (Å²) in [6, 6.07) is 2.52. The Kier molecular flexibility index (Phi) is 5.00. The predicted molar refractivity (Wildman–Crippen MR) is 68.5 cm³/mol. The molecule has 92 valence electrons. The molecule has 0 saturated carbocycles. The van der Waals surface area contributed by atoms with Gasteiger partial charge >= 0.3 is 0 Å². The second kappa shape index (κ2) is 6.04. The first-order valence-electron chi connectivity index (χ1n) is 6.23. The van der Waals surface area contributed by atoms with Crippen molar-refractivity contribution in [3.63, 3.8) is 0 Å². The monoisotopic (exact) mass is 223 g/mol. The van der Waals surface area contributed by atoms with E-state index < -0.39 is 0 Å².